The molecule has 1 unspecified atom stereocenters. The highest BCUT2D eigenvalue weighted by Gasteiger charge is 2.38. The minimum atomic E-state index is -0.789. The summed E-state index contributed by atoms with van der Waals surface area (Å²) in [6, 6.07) is 12.2. The van der Waals surface area contributed by atoms with Crippen LogP contribution in [0.25, 0.3) is 11.0 Å². The number of imide groups is 1. The molecular formula is C31H39N5O6. The molecule has 0 spiro atoms. The number of likely N-dealkylation sites (tertiary alicyclic amines) is 1. The van der Waals surface area contributed by atoms with Crippen molar-refractivity contribution in [1.82, 2.24) is 18.9 Å². The summed E-state index contributed by atoms with van der Waals surface area (Å²) < 4.78 is 14.0. The molecule has 2 fully saturated rings. The van der Waals surface area contributed by atoms with E-state index in [-0.39, 0.29) is 43.0 Å². The number of piperidine rings is 1. The Hall–Kier alpha value is -4.28. The number of ether oxygens (including phenoxy) is 2. The van der Waals surface area contributed by atoms with E-state index in [2.05, 4.69) is 4.90 Å². The van der Waals surface area contributed by atoms with Crippen LogP contribution in [0.4, 0.5) is 10.5 Å². The molecule has 2 aliphatic rings. The molecule has 5 rings (SSSR count). The van der Waals surface area contributed by atoms with Gasteiger partial charge >= 0.3 is 11.8 Å². The van der Waals surface area contributed by atoms with Crippen LogP contribution in [-0.2, 0) is 27.4 Å². The smallest absolute Gasteiger partial charge is 0.410 e. The Labute approximate surface area is 245 Å². The predicted octanol–water partition coefficient (Wildman–Crippen LogP) is 3.78. The topological polar surface area (TPSA) is 106 Å². The molecule has 0 aliphatic carbocycles. The van der Waals surface area contributed by atoms with Crippen molar-refractivity contribution in [2.45, 2.75) is 65.3 Å². The van der Waals surface area contributed by atoms with E-state index in [9.17, 15) is 19.2 Å². The Bertz CT molecular complexity index is 1540. The third-order valence-corrected chi connectivity index (χ3v) is 7.84. The van der Waals surface area contributed by atoms with Crippen molar-refractivity contribution in [2.24, 2.45) is 0 Å². The van der Waals surface area contributed by atoms with Crippen LogP contribution >= 0.6 is 0 Å². The van der Waals surface area contributed by atoms with E-state index >= 15 is 0 Å². The number of nitrogens with zero attached hydrogens (tertiary/aromatic N) is 5. The minimum absolute atomic E-state index is 0.131. The van der Waals surface area contributed by atoms with Crippen molar-refractivity contribution in [3.8, 4) is 5.75 Å². The summed E-state index contributed by atoms with van der Waals surface area (Å²) >= 11 is 0. The second-order valence-corrected chi connectivity index (χ2v) is 11.7. The summed E-state index contributed by atoms with van der Waals surface area (Å²) in [6.45, 7) is 10.1. The van der Waals surface area contributed by atoms with Crippen molar-refractivity contribution >= 4 is 34.6 Å². The second kappa shape index (κ2) is 11.5. The third kappa shape index (κ3) is 5.60. The summed E-state index contributed by atoms with van der Waals surface area (Å²) in [5.74, 6) is 0.0625. The summed E-state index contributed by atoms with van der Waals surface area (Å²) in [4.78, 5) is 58.2. The number of aromatic nitrogens is 2. The first-order valence-electron chi connectivity index (χ1n) is 14.5. The van der Waals surface area contributed by atoms with Crippen molar-refractivity contribution in [2.75, 3.05) is 38.2 Å². The van der Waals surface area contributed by atoms with E-state index in [0.29, 0.717) is 44.0 Å². The molecule has 3 amide bonds. The van der Waals surface area contributed by atoms with Crippen LogP contribution in [0.5, 0.6) is 5.75 Å². The molecule has 0 saturated carbocycles. The molecule has 1 atom stereocenters. The molecule has 0 N–H and O–H groups in total. The maximum Gasteiger partial charge on any atom is 0.410 e. The molecular weight excluding hydrogens is 538 g/mol. The third-order valence-electron chi connectivity index (χ3n) is 7.84. The zero-order chi connectivity index (χ0) is 30.2. The average molecular weight is 578 g/mol. The fourth-order valence-corrected chi connectivity index (χ4v) is 5.77. The lowest BCUT2D eigenvalue weighted by Gasteiger charge is -2.37. The molecule has 2 saturated heterocycles. The van der Waals surface area contributed by atoms with Crippen LogP contribution in [0, 0.1) is 0 Å². The number of para-hydroxylation sites is 1. The molecule has 224 valence electrons. The van der Waals surface area contributed by atoms with E-state index in [0.717, 1.165) is 16.8 Å². The van der Waals surface area contributed by atoms with Crippen molar-refractivity contribution in [3.63, 3.8) is 0 Å². The summed E-state index contributed by atoms with van der Waals surface area (Å²) in [5.41, 5.74) is 2.25. The Kier molecular flexibility index (Phi) is 8.03. The van der Waals surface area contributed by atoms with Crippen LogP contribution in [0.2, 0.25) is 0 Å². The lowest BCUT2D eigenvalue weighted by Crippen LogP contribution is -2.50. The van der Waals surface area contributed by atoms with Crippen LogP contribution in [-0.4, -0.2) is 75.7 Å². The molecule has 2 aromatic carbocycles. The van der Waals surface area contributed by atoms with Gasteiger partial charge in [0.25, 0.3) is 5.91 Å². The highest BCUT2D eigenvalue weighted by Crippen LogP contribution is 2.33. The first-order valence-corrected chi connectivity index (χ1v) is 14.5. The normalized spacial score (nSPS) is 18.1. The van der Waals surface area contributed by atoms with Gasteiger partial charge in [0.1, 0.15) is 17.4 Å². The van der Waals surface area contributed by atoms with Gasteiger partial charge in [-0.15, -0.1) is 0 Å². The van der Waals surface area contributed by atoms with Gasteiger partial charge < -0.3 is 19.3 Å². The van der Waals surface area contributed by atoms with Gasteiger partial charge in [-0.1, -0.05) is 18.2 Å². The minimum Gasteiger partial charge on any atom is -0.497 e. The molecule has 42 heavy (non-hydrogen) atoms. The van der Waals surface area contributed by atoms with Gasteiger partial charge in [-0.3, -0.25) is 23.6 Å². The molecule has 2 aliphatic heterocycles. The maximum atomic E-state index is 13.9. The molecule has 0 bridgehead atoms. The number of piperazine rings is 1. The van der Waals surface area contributed by atoms with Gasteiger partial charge in [0.05, 0.1) is 30.4 Å². The highest BCUT2D eigenvalue weighted by atomic mass is 16.6. The molecule has 3 heterocycles. The number of hydrogen-bond donors (Lipinski definition) is 0. The largest absolute Gasteiger partial charge is 0.497 e. The van der Waals surface area contributed by atoms with Crippen LogP contribution in [0.1, 0.15) is 52.1 Å². The fourth-order valence-electron chi connectivity index (χ4n) is 5.77. The van der Waals surface area contributed by atoms with Gasteiger partial charge in [0.2, 0.25) is 5.91 Å². The zero-order valence-electron chi connectivity index (χ0n) is 25.0. The number of imidazole rings is 1. The molecule has 11 heteroatoms. The Morgan fingerprint density at radius 1 is 0.976 bits per heavy atom. The summed E-state index contributed by atoms with van der Waals surface area (Å²) in [6.07, 6.45) is 0.101. The standard InChI is InChI=1S/C31H39N5O6/c1-6-34-27-23(32-16-18-33(19-17-32)30(40)42-31(2,3)4)8-7-9-24(27)36(29(34)39)25-14-15-26(37)35(28(25)38)20-21-10-12-22(41-5)13-11-21/h7-13,25H,6,14-20H2,1-5H3. The summed E-state index contributed by atoms with van der Waals surface area (Å²) in [7, 11) is 1.58. The van der Waals surface area contributed by atoms with Crippen LogP contribution in [0.3, 0.4) is 0 Å². The number of aryl methyl sites for hydroxylation is 1. The molecule has 3 aromatic rings. The number of amides is 3. The van der Waals surface area contributed by atoms with Gasteiger partial charge in [0.15, 0.2) is 0 Å². The van der Waals surface area contributed by atoms with E-state index in [1.165, 1.54) is 4.90 Å². The lowest BCUT2D eigenvalue weighted by molar-refractivity contribution is -0.151. The Morgan fingerprint density at radius 3 is 2.29 bits per heavy atom. The van der Waals surface area contributed by atoms with Gasteiger partial charge in [-0.2, -0.15) is 0 Å². The fraction of sp³-hybridized carbons (Fsp3) is 0.484. The van der Waals surface area contributed by atoms with Crippen LogP contribution in [0.15, 0.2) is 47.3 Å². The number of rotatable bonds is 6. The van der Waals surface area contributed by atoms with Crippen molar-refractivity contribution in [3.05, 3.63) is 58.5 Å². The van der Waals surface area contributed by atoms with Gasteiger partial charge in [-0.25, -0.2) is 9.59 Å². The second-order valence-electron chi connectivity index (χ2n) is 11.7. The number of fused-ring (bicyclic) bond motifs is 1. The molecule has 0 radical (unpaired) electrons. The number of benzene rings is 2. The first kappa shape index (κ1) is 29.2. The van der Waals surface area contributed by atoms with Crippen molar-refractivity contribution in [1.29, 1.82) is 0 Å². The monoisotopic (exact) mass is 577 g/mol. The lowest BCUT2D eigenvalue weighted by atomic mass is 10.0. The number of carbonyl (C=O) groups excluding carboxylic acids is 3. The molecule has 11 nitrogen and oxygen atoms in total. The Balaban J connectivity index is 1.43. The van der Waals surface area contributed by atoms with E-state index < -0.39 is 11.6 Å². The predicted molar refractivity (Wildman–Crippen MR) is 159 cm³/mol. The average Bonchev–Trinajstić information content (AvgIpc) is 3.25. The quantitative estimate of drug-likeness (QED) is 0.411. The number of carbonyl (C=O) groups is 3. The maximum absolute atomic E-state index is 13.9. The number of hydrogen-bond acceptors (Lipinski definition) is 7. The van der Waals surface area contributed by atoms with Crippen molar-refractivity contribution < 1.29 is 23.9 Å². The van der Waals surface area contributed by atoms with E-state index in [1.807, 2.05) is 58.0 Å². The van der Waals surface area contributed by atoms with Gasteiger partial charge in [-0.05, 0) is 63.9 Å². The zero-order valence-corrected chi connectivity index (χ0v) is 25.0. The highest BCUT2D eigenvalue weighted by molar-refractivity contribution is 6.00. The van der Waals surface area contributed by atoms with E-state index in [4.69, 9.17) is 9.47 Å². The van der Waals surface area contributed by atoms with Crippen LogP contribution < -0.4 is 15.3 Å². The Morgan fingerprint density at radius 2 is 1.67 bits per heavy atom. The first-order chi connectivity index (χ1) is 20.0. The molecule has 1 aromatic heterocycles. The van der Waals surface area contributed by atoms with E-state index in [1.54, 1.807) is 33.3 Å². The number of methoxy groups -OCH3 is 1. The number of anilines is 1. The summed E-state index contributed by atoms with van der Waals surface area (Å²) in [5, 5.41) is 0. The SMILES string of the molecule is CCn1c(=O)n(C2CCC(=O)N(Cc3ccc(OC)cc3)C2=O)c2cccc(N3CCN(C(=O)OC(C)(C)C)CC3)c21. The van der Waals surface area contributed by atoms with Gasteiger partial charge in [0, 0.05) is 39.1 Å².